The van der Waals surface area contributed by atoms with Crippen LogP contribution in [0.4, 0.5) is 18.0 Å². The number of amides is 1. The highest BCUT2D eigenvalue weighted by Crippen LogP contribution is 2.36. The molecule has 0 aliphatic heterocycles. The Kier molecular flexibility index (Phi) is 13.4. The summed E-state index contributed by atoms with van der Waals surface area (Å²) < 4.78 is 62.2. The molecule has 8 nitrogen and oxygen atoms in total. The van der Waals surface area contributed by atoms with Gasteiger partial charge < -0.3 is 29.0 Å². The molecule has 0 aromatic heterocycles. The zero-order chi connectivity index (χ0) is 32.1. The lowest BCUT2D eigenvalue weighted by Gasteiger charge is -2.23. The molecule has 1 unspecified atom stereocenters. The van der Waals surface area contributed by atoms with Crippen LogP contribution >= 0.6 is 23.2 Å². The van der Waals surface area contributed by atoms with Gasteiger partial charge in [0.15, 0.2) is 6.10 Å². The molecule has 1 amide bonds. The first-order valence-electron chi connectivity index (χ1n) is 13.7. The van der Waals surface area contributed by atoms with Crippen molar-refractivity contribution < 1.29 is 46.8 Å². The van der Waals surface area contributed by atoms with Crippen LogP contribution in [0.2, 0.25) is 10.0 Å². The standard InChI is InChI=1S/C31H32Cl2F3NO7/c1-2-41-28(29(38)39)17-21-9-11-24(12-10-21)43-16-14-37(13-5-6-15-42-25-19-22(32)18-23(33)20-25)30(40)44-27-8-4-3-7-26(27)31(34,35)36/h3-4,7-12,18-20,28H,2,5-6,13-17H2,1H3,(H,38,39). The van der Waals surface area contributed by atoms with E-state index in [-0.39, 0.29) is 39.3 Å². The van der Waals surface area contributed by atoms with Gasteiger partial charge in [-0.15, -0.1) is 0 Å². The molecule has 0 saturated heterocycles. The Morgan fingerprint density at radius 1 is 0.886 bits per heavy atom. The minimum atomic E-state index is -4.70. The summed E-state index contributed by atoms with van der Waals surface area (Å²) in [6, 6.07) is 16.0. The maximum absolute atomic E-state index is 13.5. The second-order valence-electron chi connectivity index (χ2n) is 9.49. The van der Waals surface area contributed by atoms with Crippen molar-refractivity contribution in [2.75, 3.05) is 32.9 Å². The number of carbonyl (C=O) groups excluding carboxylic acids is 1. The van der Waals surface area contributed by atoms with Gasteiger partial charge in [0.1, 0.15) is 23.9 Å². The summed E-state index contributed by atoms with van der Waals surface area (Å²) in [7, 11) is 0. The van der Waals surface area contributed by atoms with E-state index in [1.165, 1.54) is 17.0 Å². The summed E-state index contributed by atoms with van der Waals surface area (Å²) in [5.74, 6) is -0.712. The highest BCUT2D eigenvalue weighted by atomic mass is 35.5. The van der Waals surface area contributed by atoms with Crippen LogP contribution in [0.25, 0.3) is 0 Å². The first-order chi connectivity index (χ1) is 21.0. The molecule has 13 heteroatoms. The second kappa shape index (κ2) is 17.0. The van der Waals surface area contributed by atoms with Crippen LogP contribution in [0.1, 0.15) is 30.9 Å². The normalized spacial score (nSPS) is 12.0. The van der Waals surface area contributed by atoms with E-state index in [9.17, 15) is 27.9 Å². The average molecular weight is 658 g/mol. The van der Waals surface area contributed by atoms with Gasteiger partial charge in [0.2, 0.25) is 0 Å². The quantitative estimate of drug-likeness (QED) is 0.157. The molecule has 1 N–H and O–H groups in total. The first kappa shape index (κ1) is 34.8. The average Bonchev–Trinajstić information content (AvgIpc) is 2.95. The first-order valence-corrected chi connectivity index (χ1v) is 14.5. The zero-order valence-corrected chi connectivity index (χ0v) is 25.3. The fraction of sp³-hybridized carbons (Fsp3) is 0.355. The van der Waals surface area contributed by atoms with Gasteiger partial charge in [-0.3, -0.25) is 0 Å². The summed E-state index contributed by atoms with van der Waals surface area (Å²) in [6.45, 7) is 2.46. The summed E-state index contributed by atoms with van der Waals surface area (Å²) in [6.07, 6.45) is -5.50. The molecule has 0 spiro atoms. The van der Waals surface area contributed by atoms with E-state index < -0.39 is 35.7 Å². The van der Waals surface area contributed by atoms with Gasteiger partial charge in [-0.1, -0.05) is 47.5 Å². The predicted molar refractivity (Wildman–Crippen MR) is 159 cm³/mol. The Bertz CT molecular complexity index is 1350. The van der Waals surface area contributed by atoms with Crippen LogP contribution in [0.15, 0.2) is 66.7 Å². The molecule has 0 aliphatic carbocycles. The summed E-state index contributed by atoms with van der Waals surface area (Å²) in [5.41, 5.74) is -0.332. The Balaban J connectivity index is 1.60. The number of hydrogen-bond acceptors (Lipinski definition) is 6. The van der Waals surface area contributed by atoms with E-state index in [1.54, 1.807) is 49.4 Å². The third kappa shape index (κ3) is 11.4. The molecule has 0 aliphatic rings. The number of carboxylic acids is 1. The Hall–Kier alpha value is -3.67. The van der Waals surface area contributed by atoms with Crippen LogP contribution in [-0.4, -0.2) is 61.1 Å². The van der Waals surface area contributed by atoms with Crippen LogP contribution in [0.3, 0.4) is 0 Å². The van der Waals surface area contributed by atoms with Crippen molar-refractivity contribution in [3.63, 3.8) is 0 Å². The van der Waals surface area contributed by atoms with Gasteiger partial charge in [0.25, 0.3) is 0 Å². The predicted octanol–water partition coefficient (Wildman–Crippen LogP) is 7.78. The number of ether oxygens (including phenoxy) is 4. The molecule has 1 atom stereocenters. The molecule has 0 heterocycles. The maximum Gasteiger partial charge on any atom is 0.419 e. The minimum absolute atomic E-state index is 0.0174. The van der Waals surface area contributed by atoms with Gasteiger partial charge in [0.05, 0.1) is 18.7 Å². The lowest BCUT2D eigenvalue weighted by molar-refractivity contribution is -0.150. The number of carbonyl (C=O) groups is 2. The van der Waals surface area contributed by atoms with Gasteiger partial charge >= 0.3 is 18.2 Å². The maximum atomic E-state index is 13.5. The molecule has 0 fully saturated rings. The van der Waals surface area contributed by atoms with Crippen LogP contribution in [-0.2, 0) is 22.1 Å². The summed E-state index contributed by atoms with van der Waals surface area (Å²) in [5, 5.41) is 10.1. The molecule has 238 valence electrons. The Labute approximate surface area is 263 Å². The monoisotopic (exact) mass is 657 g/mol. The second-order valence-corrected chi connectivity index (χ2v) is 10.4. The van der Waals surface area contributed by atoms with Gasteiger partial charge in [0, 0.05) is 29.6 Å². The zero-order valence-electron chi connectivity index (χ0n) is 23.8. The lowest BCUT2D eigenvalue weighted by atomic mass is 10.1. The highest BCUT2D eigenvalue weighted by molar-refractivity contribution is 6.34. The number of nitrogens with zero attached hydrogens (tertiary/aromatic N) is 1. The van der Waals surface area contributed by atoms with Crippen LogP contribution < -0.4 is 14.2 Å². The van der Waals surface area contributed by atoms with Crippen molar-refractivity contribution in [1.29, 1.82) is 0 Å². The topological polar surface area (TPSA) is 94.5 Å². The summed E-state index contributed by atoms with van der Waals surface area (Å²) in [4.78, 5) is 25.6. The van der Waals surface area contributed by atoms with Gasteiger partial charge in [-0.2, -0.15) is 13.2 Å². The van der Waals surface area contributed by atoms with Crippen molar-refractivity contribution >= 4 is 35.3 Å². The smallest absolute Gasteiger partial charge is 0.419 e. The number of benzene rings is 3. The number of aliphatic carboxylic acids is 1. The van der Waals surface area contributed by atoms with Gasteiger partial charge in [-0.05, 0) is 67.8 Å². The Morgan fingerprint density at radius 3 is 2.18 bits per heavy atom. The Morgan fingerprint density at radius 2 is 1.55 bits per heavy atom. The summed E-state index contributed by atoms with van der Waals surface area (Å²) >= 11 is 12.0. The van der Waals surface area contributed by atoms with Crippen molar-refractivity contribution in [2.24, 2.45) is 0 Å². The van der Waals surface area contributed by atoms with Crippen molar-refractivity contribution in [1.82, 2.24) is 4.90 Å². The van der Waals surface area contributed by atoms with E-state index >= 15 is 0 Å². The van der Waals surface area contributed by atoms with E-state index in [4.69, 9.17) is 42.1 Å². The number of rotatable bonds is 16. The molecule has 3 aromatic rings. The minimum Gasteiger partial charge on any atom is -0.493 e. The molecular formula is C31H32Cl2F3NO7. The van der Waals surface area contributed by atoms with E-state index in [2.05, 4.69) is 0 Å². The molecule has 0 radical (unpaired) electrons. The molecule has 3 rings (SSSR count). The molecule has 0 bridgehead atoms. The third-order valence-corrected chi connectivity index (χ3v) is 6.63. The fourth-order valence-electron chi connectivity index (χ4n) is 4.08. The van der Waals surface area contributed by atoms with Crippen molar-refractivity contribution in [3.8, 4) is 17.2 Å². The van der Waals surface area contributed by atoms with Crippen LogP contribution in [0, 0.1) is 0 Å². The third-order valence-electron chi connectivity index (χ3n) is 6.19. The van der Waals surface area contributed by atoms with E-state index in [1.807, 2.05) is 0 Å². The fourth-order valence-corrected chi connectivity index (χ4v) is 4.58. The molecular weight excluding hydrogens is 626 g/mol. The van der Waals surface area contributed by atoms with E-state index in [0.717, 1.165) is 17.7 Å². The largest absolute Gasteiger partial charge is 0.493 e. The lowest BCUT2D eigenvalue weighted by Crippen LogP contribution is -2.38. The SMILES string of the molecule is CCOC(Cc1ccc(OCCN(CCCCOc2cc(Cl)cc(Cl)c2)C(=O)Oc2ccccc2C(F)(F)F)cc1)C(=O)O. The molecule has 0 saturated carbocycles. The molecule has 3 aromatic carbocycles. The van der Waals surface area contributed by atoms with Crippen molar-refractivity contribution in [2.45, 2.75) is 38.5 Å². The number of alkyl halides is 3. The number of hydrogen-bond donors (Lipinski definition) is 1. The number of unbranched alkanes of at least 4 members (excludes halogenated alkanes) is 1. The highest BCUT2D eigenvalue weighted by Gasteiger charge is 2.35. The number of carboxylic acid groups (broad SMARTS) is 1. The number of para-hydroxylation sites is 1. The van der Waals surface area contributed by atoms with Gasteiger partial charge in [-0.25, -0.2) is 9.59 Å². The number of halogens is 5. The van der Waals surface area contributed by atoms with E-state index in [0.29, 0.717) is 34.4 Å². The molecule has 44 heavy (non-hydrogen) atoms. The van der Waals surface area contributed by atoms with Crippen molar-refractivity contribution in [3.05, 3.63) is 87.9 Å². The van der Waals surface area contributed by atoms with Crippen LogP contribution in [0.5, 0.6) is 17.2 Å².